The normalized spacial score (nSPS) is 15.6. The number of non-ortho nitro benzene ring substituents is 1. The molecule has 1 fully saturated rings. The molecule has 9 heteroatoms. The number of nitro benzene ring substituents is 1. The molecule has 0 saturated carbocycles. The lowest BCUT2D eigenvalue weighted by Gasteiger charge is -2.36. The Morgan fingerprint density at radius 2 is 1.97 bits per heavy atom. The summed E-state index contributed by atoms with van der Waals surface area (Å²) in [5.74, 6) is 0.393. The Bertz CT molecular complexity index is 896. The van der Waals surface area contributed by atoms with E-state index in [1.54, 1.807) is 12.1 Å². The van der Waals surface area contributed by atoms with E-state index >= 15 is 0 Å². The molecule has 1 aliphatic rings. The molecule has 2 aromatic carbocycles. The minimum absolute atomic E-state index is 0.114. The minimum Gasteiger partial charge on any atom is -0.506 e. The summed E-state index contributed by atoms with van der Waals surface area (Å²) >= 11 is 0. The molecule has 0 aliphatic carbocycles. The SMILES string of the molecule is COc1ccc([N+](=O)[O-])cc1NC(=O)[C@H](C)[NH+]1CCN(c2ccccc2O)CC1. The zero-order chi connectivity index (χ0) is 21.0. The van der Waals surface area contributed by atoms with Crippen LogP contribution >= 0.6 is 0 Å². The third-order valence-corrected chi connectivity index (χ3v) is 5.29. The number of carbonyl (C=O) groups is 1. The Balaban J connectivity index is 1.64. The minimum atomic E-state index is -0.512. The largest absolute Gasteiger partial charge is 0.506 e. The van der Waals surface area contributed by atoms with Crippen molar-refractivity contribution in [2.75, 3.05) is 43.5 Å². The number of carbonyl (C=O) groups excluding carboxylic acids is 1. The van der Waals surface area contributed by atoms with Gasteiger partial charge < -0.3 is 25.0 Å². The Morgan fingerprint density at radius 3 is 2.59 bits per heavy atom. The van der Waals surface area contributed by atoms with Crippen LogP contribution in [-0.2, 0) is 4.79 Å². The summed E-state index contributed by atoms with van der Waals surface area (Å²) in [4.78, 5) is 26.5. The van der Waals surface area contributed by atoms with Crippen LogP contribution in [0.2, 0.25) is 0 Å². The molecular weight excluding hydrogens is 376 g/mol. The van der Waals surface area contributed by atoms with Crippen molar-refractivity contribution in [3.8, 4) is 11.5 Å². The number of amides is 1. The van der Waals surface area contributed by atoms with E-state index in [1.165, 1.54) is 25.3 Å². The van der Waals surface area contributed by atoms with Gasteiger partial charge in [-0.25, -0.2) is 0 Å². The molecule has 0 bridgehead atoms. The van der Waals surface area contributed by atoms with E-state index in [4.69, 9.17) is 4.74 Å². The molecule has 0 aromatic heterocycles. The van der Waals surface area contributed by atoms with E-state index in [2.05, 4.69) is 10.2 Å². The molecule has 1 heterocycles. The number of hydrogen-bond acceptors (Lipinski definition) is 6. The van der Waals surface area contributed by atoms with Crippen molar-refractivity contribution in [3.63, 3.8) is 0 Å². The molecule has 1 aliphatic heterocycles. The monoisotopic (exact) mass is 401 g/mol. The van der Waals surface area contributed by atoms with E-state index in [0.717, 1.165) is 23.7 Å². The van der Waals surface area contributed by atoms with Gasteiger partial charge in [0, 0.05) is 12.1 Å². The molecule has 29 heavy (non-hydrogen) atoms. The Morgan fingerprint density at radius 1 is 1.28 bits per heavy atom. The number of phenolic OH excluding ortho intramolecular Hbond substituents is 1. The average molecular weight is 401 g/mol. The third kappa shape index (κ3) is 4.57. The van der Waals surface area contributed by atoms with Gasteiger partial charge in [0.2, 0.25) is 0 Å². The first-order valence-electron chi connectivity index (χ1n) is 9.41. The van der Waals surface area contributed by atoms with Gasteiger partial charge in [0.1, 0.15) is 11.5 Å². The van der Waals surface area contributed by atoms with Gasteiger partial charge in [-0.1, -0.05) is 12.1 Å². The second-order valence-electron chi connectivity index (χ2n) is 6.99. The zero-order valence-corrected chi connectivity index (χ0v) is 16.4. The van der Waals surface area contributed by atoms with Crippen LogP contribution in [0.3, 0.4) is 0 Å². The maximum atomic E-state index is 12.8. The smallest absolute Gasteiger partial charge is 0.282 e. The number of benzene rings is 2. The van der Waals surface area contributed by atoms with Crippen LogP contribution in [0.5, 0.6) is 11.5 Å². The lowest BCUT2D eigenvalue weighted by molar-refractivity contribution is -0.914. The van der Waals surface area contributed by atoms with Gasteiger partial charge in [-0.3, -0.25) is 14.9 Å². The number of phenols is 1. The van der Waals surface area contributed by atoms with Gasteiger partial charge in [-0.05, 0) is 25.1 Å². The summed E-state index contributed by atoms with van der Waals surface area (Å²) in [5.41, 5.74) is 0.966. The topological polar surface area (TPSA) is 109 Å². The number of nitrogens with one attached hydrogen (secondary N) is 2. The number of aromatic hydroxyl groups is 1. The lowest BCUT2D eigenvalue weighted by Crippen LogP contribution is -3.19. The summed E-state index contributed by atoms with van der Waals surface area (Å²) in [7, 11) is 1.45. The molecule has 9 nitrogen and oxygen atoms in total. The molecule has 154 valence electrons. The molecule has 3 N–H and O–H groups in total. The number of ether oxygens (including phenoxy) is 1. The fourth-order valence-electron chi connectivity index (χ4n) is 3.53. The first kappa shape index (κ1) is 20.4. The van der Waals surface area contributed by atoms with Crippen LogP contribution < -0.4 is 19.9 Å². The molecule has 1 amide bonds. The van der Waals surface area contributed by atoms with Crippen molar-refractivity contribution in [1.29, 1.82) is 0 Å². The summed E-state index contributed by atoms with van der Waals surface area (Å²) in [5, 5.41) is 23.8. The first-order chi connectivity index (χ1) is 13.9. The maximum Gasteiger partial charge on any atom is 0.282 e. The Kier molecular flexibility index (Phi) is 6.18. The van der Waals surface area contributed by atoms with Gasteiger partial charge in [0.15, 0.2) is 6.04 Å². The molecule has 0 spiro atoms. The van der Waals surface area contributed by atoms with Gasteiger partial charge in [0.25, 0.3) is 11.6 Å². The van der Waals surface area contributed by atoms with Crippen LogP contribution in [0.4, 0.5) is 17.1 Å². The number of rotatable bonds is 6. The van der Waals surface area contributed by atoms with E-state index in [9.17, 15) is 20.0 Å². The van der Waals surface area contributed by atoms with Gasteiger partial charge >= 0.3 is 0 Å². The van der Waals surface area contributed by atoms with E-state index in [-0.39, 0.29) is 29.1 Å². The average Bonchev–Trinajstić information content (AvgIpc) is 2.73. The second-order valence-corrected chi connectivity index (χ2v) is 6.99. The molecule has 1 saturated heterocycles. The number of para-hydroxylation sites is 2. The van der Waals surface area contributed by atoms with Crippen LogP contribution in [0.15, 0.2) is 42.5 Å². The van der Waals surface area contributed by atoms with Crippen molar-refractivity contribution >= 4 is 23.0 Å². The fourth-order valence-corrected chi connectivity index (χ4v) is 3.53. The molecule has 2 aromatic rings. The highest BCUT2D eigenvalue weighted by molar-refractivity contribution is 5.95. The second kappa shape index (κ2) is 8.78. The maximum absolute atomic E-state index is 12.8. The van der Waals surface area contributed by atoms with E-state index in [1.807, 2.05) is 19.1 Å². The molecule has 0 radical (unpaired) electrons. The van der Waals surface area contributed by atoms with Crippen LogP contribution in [-0.4, -0.2) is 55.3 Å². The number of quaternary nitrogens is 1. The summed E-state index contributed by atoms with van der Waals surface area (Å²) < 4.78 is 5.21. The predicted octanol–water partition coefficient (Wildman–Crippen LogP) is 1.04. The lowest BCUT2D eigenvalue weighted by atomic mass is 10.1. The summed E-state index contributed by atoms with van der Waals surface area (Å²) in [6.07, 6.45) is 0. The molecule has 3 rings (SSSR count). The number of nitro groups is 1. The number of anilines is 2. The van der Waals surface area contributed by atoms with Crippen molar-refractivity contribution in [1.82, 2.24) is 0 Å². The van der Waals surface area contributed by atoms with Gasteiger partial charge in [-0.2, -0.15) is 0 Å². The number of piperazine rings is 1. The van der Waals surface area contributed by atoms with E-state index < -0.39 is 4.92 Å². The quantitative estimate of drug-likeness (QED) is 0.493. The number of hydrogen-bond donors (Lipinski definition) is 3. The standard InChI is InChI=1S/C20H24N4O5/c1-14(20(26)21-16-13-15(24(27)28)7-8-19(16)29-2)22-9-11-23(12-10-22)17-5-3-4-6-18(17)25/h3-8,13-14,25H,9-12H2,1-2H3,(H,21,26)/p+1/t14-/m0/s1. The van der Waals surface area contributed by atoms with Crippen LogP contribution in [0.25, 0.3) is 0 Å². The van der Waals surface area contributed by atoms with Crippen molar-refractivity contribution in [2.45, 2.75) is 13.0 Å². The molecule has 1 atom stereocenters. The Labute approximate surface area is 168 Å². The van der Waals surface area contributed by atoms with Crippen molar-refractivity contribution in [2.24, 2.45) is 0 Å². The molecular formula is C20H25N4O5+. The van der Waals surface area contributed by atoms with Gasteiger partial charge in [0.05, 0.1) is 49.6 Å². The Hall–Kier alpha value is -3.33. The van der Waals surface area contributed by atoms with Crippen LogP contribution in [0, 0.1) is 10.1 Å². The zero-order valence-electron chi connectivity index (χ0n) is 16.4. The third-order valence-electron chi connectivity index (χ3n) is 5.29. The number of methoxy groups -OCH3 is 1. The highest BCUT2D eigenvalue weighted by Crippen LogP contribution is 2.29. The summed E-state index contributed by atoms with van der Waals surface area (Å²) in [6, 6.07) is 11.0. The van der Waals surface area contributed by atoms with Crippen molar-refractivity contribution in [3.05, 3.63) is 52.6 Å². The highest BCUT2D eigenvalue weighted by Gasteiger charge is 2.30. The van der Waals surface area contributed by atoms with Crippen molar-refractivity contribution < 1.29 is 24.5 Å². The highest BCUT2D eigenvalue weighted by atomic mass is 16.6. The fraction of sp³-hybridized carbons (Fsp3) is 0.350. The summed E-state index contributed by atoms with van der Waals surface area (Å²) in [6.45, 7) is 4.73. The number of nitrogens with zero attached hydrogens (tertiary/aromatic N) is 2. The van der Waals surface area contributed by atoms with E-state index in [0.29, 0.717) is 18.8 Å². The predicted molar refractivity (Wildman–Crippen MR) is 109 cm³/mol. The van der Waals surface area contributed by atoms with Gasteiger partial charge in [-0.15, -0.1) is 0 Å². The molecule has 0 unspecified atom stereocenters. The first-order valence-corrected chi connectivity index (χ1v) is 9.41. The van der Waals surface area contributed by atoms with Crippen LogP contribution in [0.1, 0.15) is 6.92 Å².